The van der Waals surface area contributed by atoms with Gasteiger partial charge in [-0.15, -0.1) is 0 Å². The fraction of sp³-hybridized carbons (Fsp3) is 0.417. The minimum absolute atomic E-state index is 0.236. The Kier molecular flexibility index (Phi) is 5.95. The van der Waals surface area contributed by atoms with Crippen LogP contribution in [-0.4, -0.2) is 19.1 Å². The lowest BCUT2D eigenvalue weighted by atomic mass is 10.2. The third-order valence-electron chi connectivity index (χ3n) is 2.43. The SMILES string of the molecule is CCC(NCc1ccc(Cl)c(Br)c1)C(=O)OC. The summed E-state index contributed by atoms with van der Waals surface area (Å²) in [5, 5.41) is 3.82. The van der Waals surface area contributed by atoms with E-state index >= 15 is 0 Å². The van der Waals surface area contributed by atoms with Gasteiger partial charge in [0.2, 0.25) is 0 Å². The topological polar surface area (TPSA) is 38.3 Å². The van der Waals surface area contributed by atoms with Crippen molar-refractivity contribution in [3.8, 4) is 0 Å². The van der Waals surface area contributed by atoms with Gasteiger partial charge in [0, 0.05) is 11.0 Å². The molecule has 0 spiro atoms. The van der Waals surface area contributed by atoms with Crippen molar-refractivity contribution in [2.24, 2.45) is 0 Å². The van der Waals surface area contributed by atoms with E-state index in [1.54, 1.807) is 0 Å². The molecule has 0 heterocycles. The monoisotopic (exact) mass is 319 g/mol. The molecule has 0 aliphatic carbocycles. The minimum atomic E-state index is -0.269. The summed E-state index contributed by atoms with van der Waals surface area (Å²) >= 11 is 9.26. The van der Waals surface area contributed by atoms with Crippen molar-refractivity contribution in [2.75, 3.05) is 7.11 Å². The van der Waals surface area contributed by atoms with Crippen molar-refractivity contribution < 1.29 is 9.53 Å². The zero-order valence-corrected chi connectivity index (χ0v) is 12.1. The molecule has 0 aliphatic rings. The number of hydrogen-bond acceptors (Lipinski definition) is 3. The number of carbonyl (C=O) groups excluding carboxylic acids is 1. The van der Waals surface area contributed by atoms with Crippen molar-refractivity contribution in [3.05, 3.63) is 33.3 Å². The van der Waals surface area contributed by atoms with Gasteiger partial charge < -0.3 is 10.1 Å². The normalized spacial score (nSPS) is 12.2. The van der Waals surface area contributed by atoms with Gasteiger partial charge in [0.05, 0.1) is 12.1 Å². The van der Waals surface area contributed by atoms with Gasteiger partial charge in [-0.05, 0) is 40.0 Å². The highest BCUT2D eigenvalue weighted by Gasteiger charge is 2.15. The van der Waals surface area contributed by atoms with Crippen LogP contribution in [-0.2, 0) is 16.1 Å². The highest BCUT2D eigenvalue weighted by molar-refractivity contribution is 9.10. The van der Waals surface area contributed by atoms with E-state index < -0.39 is 0 Å². The maximum Gasteiger partial charge on any atom is 0.322 e. The van der Waals surface area contributed by atoms with Crippen LogP contribution in [0.25, 0.3) is 0 Å². The van der Waals surface area contributed by atoms with Gasteiger partial charge in [0.25, 0.3) is 0 Å². The molecule has 0 saturated carbocycles. The van der Waals surface area contributed by atoms with Gasteiger partial charge >= 0.3 is 5.97 Å². The molecular formula is C12H15BrClNO2. The quantitative estimate of drug-likeness (QED) is 0.847. The number of halogens is 2. The number of carbonyl (C=O) groups is 1. The van der Waals surface area contributed by atoms with Crippen LogP contribution >= 0.6 is 27.5 Å². The summed E-state index contributed by atoms with van der Waals surface area (Å²) in [6.45, 7) is 2.54. The Morgan fingerprint density at radius 1 is 1.59 bits per heavy atom. The van der Waals surface area contributed by atoms with Crippen molar-refractivity contribution in [2.45, 2.75) is 25.9 Å². The Hall–Kier alpha value is -0.580. The average molecular weight is 321 g/mol. The average Bonchev–Trinajstić information content (AvgIpc) is 2.33. The van der Waals surface area contributed by atoms with E-state index in [0.717, 1.165) is 10.0 Å². The summed E-state index contributed by atoms with van der Waals surface area (Å²) in [7, 11) is 1.39. The Morgan fingerprint density at radius 3 is 2.82 bits per heavy atom. The number of methoxy groups -OCH3 is 1. The van der Waals surface area contributed by atoms with E-state index in [2.05, 4.69) is 21.2 Å². The molecule has 1 N–H and O–H groups in total. The molecule has 0 radical (unpaired) electrons. The molecular weight excluding hydrogens is 305 g/mol. The molecule has 0 aromatic heterocycles. The molecule has 1 unspecified atom stereocenters. The lowest BCUT2D eigenvalue weighted by molar-refractivity contribution is -0.143. The third-order valence-corrected chi connectivity index (χ3v) is 3.64. The van der Waals surface area contributed by atoms with Crippen molar-refractivity contribution >= 4 is 33.5 Å². The molecule has 3 nitrogen and oxygen atoms in total. The van der Waals surface area contributed by atoms with Crippen LogP contribution < -0.4 is 5.32 Å². The standard InChI is InChI=1S/C12H15BrClNO2/c1-3-11(12(16)17-2)15-7-8-4-5-10(14)9(13)6-8/h4-6,11,15H,3,7H2,1-2H3. The van der Waals surface area contributed by atoms with Crippen LogP contribution in [0.3, 0.4) is 0 Å². The van der Waals surface area contributed by atoms with E-state index in [1.165, 1.54) is 7.11 Å². The zero-order chi connectivity index (χ0) is 12.8. The van der Waals surface area contributed by atoms with Crippen molar-refractivity contribution in [1.29, 1.82) is 0 Å². The summed E-state index contributed by atoms with van der Waals surface area (Å²) in [5.41, 5.74) is 1.06. The summed E-state index contributed by atoms with van der Waals surface area (Å²) in [6, 6.07) is 5.40. The van der Waals surface area contributed by atoms with Crippen molar-refractivity contribution in [3.63, 3.8) is 0 Å². The Morgan fingerprint density at radius 2 is 2.29 bits per heavy atom. The van der Waals surface area contributed by atoms with E-state index in [4.69, 9.17) is 16.3 Å². The molecule has 0 amide bonds. The number of nitrogens with one attached hydrogen (secondary N) is 1. The number of benzene rings is 1. The lowest BCUT2D eigenvalue weighted by Crippen LogP contribution is -2.36. The van der Waals surface area contributed by atoms with E-state index in [-0.39, 0.29) is 12.0 Å². The number of hydrogen-bond donors (Lipinski definition) is 1. The second-order valence-electron chi connectivity index (χ2n) is 3.61. The summed E-state index contributed by atoms with van der Waals surface area (Å²) in [4.78, 5) is 11.4. The number of esters is 1. The first kappa shape index (κ1) is 14.5. The molecule has 5 heteroatoms. The first-order valence-corrected chi connectivity index (χ1v) is 6.50. The molecule has 1 atom stereocenters. The first-order chi connectivity index (χ1) is 8.08. The Labute approximate surface area is 115 Å². The Balaban J connectivity index is 2.59. The summed E-state index contributed by atoms with van der Waals surface area (Å²) in [6.07, 6.45) is 0.696. The second-order valence-corrected chi connectivity index (χ2v) is 4.87. The van der Waals surface area contributed by atoms with Crippen LogP contribution in [0.1, 0.15) is 18.9 Å². The highest BCUT2D eigenvalue weighted by Crippen LogP contribution is 2.23. The summed E-state index contributed by atoms with van der Waals surface area (Å²) < 4.78 is 5.55. The zero-order valence-electron chi connectivity index (χ0n) is 9.80. The second kappa shape index (κ2) is 6.99. The predicted molar refractivity (Wildman–Crippen MR) is 72.1 cm³/mol. The minimum Gasteiger partial charge on any atom is -0.468 e. The van der Waals surface area contributed by atoms with Gasteiger partial charge in [0.15, 0.2) is 0 Å². The van der Waals surface area contributed by atoms with Gasteiger partial charge in [-0.3, -0.25) is 4.79 Å². The van der Waals surface area contributed by atoms with Crippen LogP contribution in [0, 0.1) is 0 Å². The smallest absolute Gasteiger partial charge is 0.322 e. The first-order valence-electron chi connectivity index (χ1n) is 5.33. The predicted octanol–water partition coefficient (Wildman–Crippen LogP) is 3.14. The molecule has 1 aromatic rings. The van der Waals surface area contributed by atoms with Gasteiger partial charge in [-0.25, -0.2) is 0 Å². The third kappa shape index (κ3) is 4.30. The van der Waals surface area contributed by atoms with Gasteiger partial charge in [-0.2, -0.15) is 0 Å². The molecule has 1 rings (SSSR count). The van der Waals surface area contributed by atoms with Crippen LogP contribution in [0.4, 0.5) is 0 Å². The van der Waals surface area contributed by atoms with Gasteiger partial charge in [0.1, 0.15) is 6.04 Å². The molecule has 0 bridgehead atoms. The molecule has 94 valence electrons. The molecule has 17 heavy (non-hydrogen) atoms. The highest BCUT2D eigenvalue weighted by atomic mass is 79.9. The van der Waals surface area contributed by atoms with E-state index in [1.807, 2.05) is 25.1 Å². The summed E-state index contributed by atoms with van der Waals surface area (Å²) in [5.74, 6) is -0.236. The van der Waals surface area contributed by atoms with Crippen LogP contribution in [0.15, 0.2) is 22.7 Å². The fourth-order valence-corrected chi connectivity index (χ4v) is 1.97. The number of rotatable bonds is 5. The maximum absolute atomic E-state index is 11.4. The molecule has 1 aromatic carbocycles. The van der Waals surface area contributed by atoms with Crippen LogP contribution in [0.2, 0.25) is 5.02 Å². The fourth-order valence-electron chi connectivity index (χ4n) is 1.43. The van der Waals surface area contributed by atoms with Gasteiger partial charge in [-0.1, -0.05) is 24.6 Å². The van der Waals surface area contributed by atoms with E-state index in [0.29, 0.717) is 18.0 Å². The van der Waals surface area contributed by atoms with Crippen molar-refractivity contribution in [1.82, 2.24) is 5.32 Å². The molecule has 0 fully saturated rings. The van der Waals surface area contributed by atoms with Crippen LogP contribution in [0.5, 0.6) is 0 Å². The molecule has 0 aliphatic heterocycles. The number of ether oxygens (including phenoxy) is 1. The van der Waals surface area contributed by atoms with E-state index in [9.17, 15) is 4.79 Å². The largest absolute Gasteiger partial charge is 0.468 e. The maximum atomic E-state index is 11.4. The molecule has 0 saturated heterocycles. The Bertz CT molecular complexity index is 398. The lowest BCUT2D eigenvalue weighted by Gasteiger charge is -2.14.